The largest absolute Gasteiger partial charge is 0.369 e. The summed E-state index contributed by atoms with van der Waals surface area (Å²) in [4.78, 5) is 1.77. The predicted molar refractivity (Wildman–Crippen MR) is 73.6 cm³/mol. The fourth-order valence-electron chi connectivity index (χ4n) is 2.68. The summed E-state index contributed by atoms with van der Waals surface area (Å²) in [5, 5.41) is 0. The topological polar surface area (TPSA) is 13.7 Å². The number of quaternary nitrogens is 1. The van der Waals surface area contributed by atoms with Gasteiger partial charge in [0.05, 0.1) is 19.8 Å². The maximum Gasteiger partial charge on any atom is 0.108 e. The Labute approximate surface area is 108 Å². The van der Waals surface area contributed by atoms with Crippen molar-refractivity contribution in [2.75, 3.05) is 26.3 Å². The van der Waals surface area contributed by atoms with E-state index in [9.17, 15) is 0 Å². The quantitative estimate of drug-likeness (QED) is 0.613. The lowest BCUT2D eigenvalue weighted by Crippen LogP contribution is -3.17. The number of morpholine rings is 1. The van der Waals surface area contributed by atoms with Crippen LogP contribution in [0.25, 0.3) is 0 Å². The van der Waals surface area contributed by atoms with Gasteiger partial charge in [-0.2, -0.15) is 0 Å². The van der Waals surface area contributed by atoms with E-state index >= 15 is 0 Å². The Morgan fingerprint density at radius 3 is 2.29 bits per heavy atom. The van der Waals surface area contributed by atoms with Crippen molar-refractivity contribution in [2.45, 2.75) is 71.3 Å². The van der Waals surface area contributed by atoms with E-state index < -0.39 is 0 Å². The first-order chi connectivity index (χ1) is 8.34. The van der Waals surface area contributed by atoms with Gasteiger partial charge >= 0.3 is 0 Å². The Hall–Kier alpha value is -0.0800. The fraction of sp³-hybridized carbons (Fsp3) is 1.00. The van der Waals surface area contributed by atoms with Gasteiger partial charge in [0, 0.05) is 0 Å². The van der Waals surface area contributed by atoms with Crippen molar-refractivity contribution >= 4 is 0 Å². The van der Waals surface area contributed by atoms with E-state index in [2.05, 4.69) is 13.8 Å². The highest BCUT2D eigenvalue weighted by Gasteiger charge is 2.21. The molecule has 1 aliphatic heterocycles. The molecule has 0 bridgehead atoms. The molecule has 1 N–H and O–H groups in total. The van der Waals surface area contributed by atoms with E-state index in [-0.39, 0.29) is 0 Å². The lowest BCUT2D eigenvalue weighted by Gasteiger charge is -2.30. The lowest BCUT2D eigenvalue weighted by atomic mass is 10.1. The van der Waals surface area contributed by atoms with Crippen molar-refractivity contribution in [3.8, 4) is 0 Å². The van der Waals surface area contributed by atoms with Gasteiger partial charge in [-0.05, 0) is 19.8 Å². The van der Waals surface area contributed by atoms with Gasteiger partial charge in [-0.3, -0.25) is 0 Å². The average Bonchev–Trinajstić information content (AvgIpc) is 2.35. The number of hydrogen-bond acceptors (Lipinski definition) is 1. The first-order valence-electron chi connectivity index (χ1n) is 7.77. The van der Waals surface area contributed by atoms with Crippen LogP contribution in [0.2, 0.25) is 0 Å². The molecule has 1 aliphatic rings. The minimum atomic E-state index is 0.716. The van der Waals surface area contributed by atoms with Crippen LogP contribution in [0.1, 0.15) is 65.2 Å². The van der Waals surface area contributed by atoms with Gasteiger partial charge in [0.1, 0.15) is 12.6 Å². The number of rotatable bonds is 9. The van der Waals surface area contributed by atoms with Crippen LogP contribution in [0.15, 0.2) is 0 Å². The molecule has 17 heavy (non-hydrogen) atoms. The standard InChI is InChI=1S/C15H31NO/c1-3-4-5-6-7-8-9-10-11-16-12-13-17-14-15(16)2/h15H,3-14H2,1-2H3/p+1. The van der Waals surface area contributed by atoms with Crippen LogP contribution >= 0.6 is 0 Å². The van der Waals surface area contributed by atoms with E-state index in [4.69, 9.17) is 4.74 Å². The van der Waals surface area contributed by atoms with Crippen LogP contribution in [-0.2, 0) is 4.74 Å². The number of unbranched alkanes of at least 4 members (excludes halogenated alkanes) is 7. The Bertz CT molecular complexity index is 172. The molecule has 2 unspecified atom stereocenters. The molecule has 0 amide bonds. The van der Waals surface area contributed by atoms with Crippen LogP contribution in [0.3, 0.4) is 0 Å². The molecule has 102 valence electrons. The van der Waals surface area contributed by atoms with Crippen molar-refractivity contribution in [1.29, 1.82) is 0 Å². The second-order valence-electron chi connectivity index (χ2n) is 5.61. The second kappa shape index (κ2) is 9.90. The van der Waals surface area contributed by atoms with Crippen molar-refractivity contribution in [2.24, 2.45) is 0 Å². The Kier molecular flexibility index (Phi) is 8.72. The SMILES string of the molecule is CCCCCCCCCC[NH+]1CCOCC1C. The molecule has 0 saturated carbocycles. The van der Waals surface area contributed by atoms with Gasteiger partial charge in [0.15, 0.2) is 0 Å². The summed E-state index contributed by atoms with van der Waals surface area (Å²) in [6.45, 7) is 9.12. The lowest BCUT2D eigenvalue weighted by molar-refractivity contribution is -0.931. The molecule has 1 saturated heterocycles. The summed E-state index contributed by atoms with van der Waals surface area (Å²) in [6, 6.07) is 0.716. The van der Waals surface area contributed by atoms with Gasteiger partial charge in [-0.1, -0.05) is 45.4 Å². The van der Waals surface area contributed by atoms with E-state index in [0.29, 0.717) is 6.04 Å². The zero-order valence-electron chi connectivity index (χ0n) is 12.0. The van der Waals surface area contributed by atoms with Gasteiger partial charge in [-0.15, -0.1) is 0 Å². The zero-order chi connectivity index (χ0) is 12.3. The number of ether oxygens (including phenoxy) is 1. The molecule has 1 rings (SSSR count). The van der Waals surface area contributed by atoms with Crippen molar-refractivity contribution in [1.82, 2.24) is 0 Å². The summed E-state index contributed by atoms with van der Waals surface area (Å²) >= 11 is 0. The molecular formula is C15H32NO+. The fourth-order valence-corrected chi connectivity index (χ4v) is 2.68. The second-order valence-corrected chi connectivity index (χ2v) is 5.61. The molecule has 1 fully saturated rings. The maximum absolute atomic E-state index is 5.47. The van der Waals surface area contributed by atoms with Crippen LogP contribution in [0.4, 0.5) is 0 Å². The van der Waals surface area contributed by atoms with Gasteiger partial charge in [-0.25, -0.2) is 0 Å². The molecule has 2 atom stereocenters. The normalized spacial score (nSPS) is 25.1. The smallest absolute Gasteiger partial charge is 0.108 e. The average molecular weight is 242 g/mol. The third kappa shape index (κ3) is 7.05. The van der Waals surface area contributed by atoms with E-state index in [1.165, 1.54) is 64.5 Å². The monoisotopic (exact) mass is 242 g/mol. The van der Waals surface area contributed by atoms with Crippen LogP contribution < -0.4 is 4.90 Å². The molecule has 0 radical (unpaired) electrons. The summed E-state index contributed by atoms with van der Waals surface area (Å²) in [6.07, 6.45) is 11.4. The molecular weight excluding hydrogens is 210 g/mol. The maximum atomic E-state index is 5.47. The molecule has 0 aromatic carbocycles. The van der Waals surface area contributed by atoms with Gasteiger partial charge < -0.3 is 9.64 Å². The third-order valence-corrected chi connectivity index (χ3v) is 3.98. The van der Waals surface area contributed by atoms with E-state index in [1.54, 1.807) is 4.90 Å². The Balaban J connectivity index is 1.86. The Morgan fingerprint density at radius 1 is 1.00 bits per heavy atom. The van der Waals surface area contributed by atoms with Crippen molar-refractivity contribution < 1.29 is 9.64 Å². The minimum Gasteiger partial charge on any atom is -0.369 e. The molecule has 0 spiro atoms. The van der Waals surface area contributed by atoms with Crippen LogP contribution in [0, 0.1) is 0 Å². The highest BCUT2D eigenvalue weighted by Crippen LogP contribution is 2.07. The molecule has 0 aromatic rings. The zero-order valence-corrected chi connectivity index (χ0v) is 12.0. The van der Waals surface area contributed by atoms with Crippen molar-refractivity contribution in [3.05, 3.63) is 0 Å². The first kappa shape index (κ1) is 15.0. The molecule has 0 aliphatic carbocycles. The van der Waals surface area contributed by atoms with Crippen LogP contribution in [0.5, 0.6) is 0 Å². The summed E-state index contributed by atoms with van der Waals surface area (Å²) in [7, 11) is 0. The minimum absolute atomic E-state index is 0.716. The number of hydrogen-bond donors (Lipinski definition) is 1. The molecule has 0 aromatic heterocycles. The molecule has 1 heterocycles. The van der Waals surface area contributed by atoms with Gasteiger partial charge in [0.2, 0.25) is 0 Å². The summed E-state index contributed by atoms with van der Waals surface area (Å²) in [5.41, 5.74) is 0. The third-order valence-electron chi connectivity index (χ3n) is 3.98. The van der Waals surface area contributed by atoms with Crippen LogP contribution in [-0.4, -0.2) is 32.3 Å². The Morgan fingerprint density at radius 2 is 1.65 bits per heavy atom. The summed E-state index contributed by atoms with van der Waals surface area (Å²) < 4.78 is 5.47. The predicted octanol–water partition coefficient (Wildman–Crippen LogP) is 2.43. The molecule has 2 heteroatoms. The van der Waals surface area contributed by atoms with E-state index in [0.717, 1.165) is 13.2 Å². The highest BCUT2D eigenvalue weighted by atomic mass is 16.5. The molecule has 2 nitrogen and oxygen atoms in total. The van der Waals surface area contributed by atoms with Gasteiger partial charge in [0.25, 0.3) is 0 Å². The van der Waals surface area contributed by atoms with Crippen molar-refractivity contribution in [3.63, 3.8) is 0 Å². The highest BCUT2D eigenvalue weighted by molar-refractivity contribution is 4.52. The van der Waals surface area contributed by atoms with E-state index in [1.807, 2.05) is 0 Å². The summed E-state index contributed by atoms with van der Waals surface area (Å²) in [5.74, 6) is 0. The first-order valence-corrected chi connectivity index (χ1v) is 7.77. The number of nitrogens with one attached hydrogen (secondary N) is 1.